The highest BCUT2D eigenvalue weighted by molar-refractivity contribution is 6.30. The molecule has 5 nitrogen and oxygen atoms in total. The Hall–Kier alpha value is -3.33. The molecule has 0 aliphatic heterocycles. The van der Waals surface area contributed by atoms with E-state index in [-0.39, 0.29) is 12.6 Å². The molecule has 2 aromatic carbocycles. The average Bonchev–Trinajstić information content (AvgIpc) is 3.07. The van der Waals surface area contributed by atoms with Gasteiger partial charge in [0.1, 0.15) is 5.69 Å². The molecule has 0 aliphatic rings. The summed E-state index contributed by atoms with van der Waals surface area (Å²) < 4.78 is 1.97. The third-order valence-corrected chi connectivity index (χ3v) is 5.06. The summed E-state index contributed by atoms with van der Waals surface area (Å²) in [5.41, 5.74) is 5.50. The number of aromatic nitrogens is 3. The number of nitrogens with one attached hydrogen (secondary N) is 1. The highest BCUT2D eigenvalue weighted by atomic mass is 35.5. The topological polar surface area (TPSA) is 63.0 Å². The normalized spacial score (nSPS) is 11.7. The van der Waals surface area contributed by atoms with Gasteiger partial charge >= 0.3 is 0 Å². The third-order valence-electron chi connectivity index (χ3n) is 4.81. The van der Waals surface area contributed by atoms with Gasteiger partial charge in [0, 0.05) is 35.4 Å². The predicted octanol–water partition coefficient (Wildman–Crippen LogP) is 4.48. The molecule has 0 spiro atoms. The van der Waals surface area contributed by atoms with Crippen LogP contribution in [0.15, 0.2) is 60.8 Å². The lowest BCUT2D eigenvalue weighted by Gasteiger charge is -2.11. The van der Waals surface area contributed by atoms with Crippen molar-refractivity contribution in [3.8, 4) is 23.0 Å². The van der Waals surface area contributed by atoms with Gasteiger partial charge in [-0.2, -0.15) is 0 Å². The van der Waals surface area contributed by atoms with Crippen molar-refractivity contribution in [3.63, 3.8) is 0 Å². The molecule has 1 atom stereocenters. The van der Waals surface area contributed by atoms with Crippen molar-refractivity contribution in [3.05, 3.63) is 77.1 Å². The maximum atomic E-state index is 9.25. The number of rotatable bonds is 4. The van der Waals surface area contributed by atoms with Gasteiger partial charge in [0.05, 0.1) is 17.6 Å². The van der Waals surface area contributed by atoms with E-state index in [1.807, 2.05) is 79.3 Å². The Morgan fingerprint density at radius 1 is 1.07 bits per heavy atom. The molecule has 30 heavy (non-hydrogen) atoms. The molecule has 1 unspecified atom stereocenters. The summed E-state index contributed by atoms with van der Waals surface area (Å²) in [6.07, 6.45) is 1.81. The third kappa shape index (κ3) is 4.30. The van der Waals surface area contributed by atoms with Crippen LogP contribution in [0.1, 0.15) is 18.2 Å². The zero-order valence-electron chi connectivity index (χ0n) is 16.7. The highest BCUT2D eigenvalue weighted by Gasteiger charge is 2.10. The van der Waals surface area contributed by atoms with Gasteiger partial charge in [-0.05, 0) is 54.8 Å². The van der Waals surface area contributed by atoms with Crippen LogP contribution in [0.25, 0.3) is 22.2 Å². The molecule has 6 heteroatoms. The molecule has 2 heterocycles. The predicted molar refractivity (Wildman–Crippen MR) is 122 cm³/mol. The first kappa shape index (κ1) is 20.0. The number of anilines is 1. The van der Waals surface area contributed by atoms with E-state index in [9.17, 15) is 5.11 Å². The van der Waals surface area contributed by atoms with E-state index >= 15 is 0 Å². The maximum Gasteiger partial charge on any atom is 0.203 e. The number of imidazole rings is 1. The lowest BCUT2D eigenvalue weighted by atomic mass is 10.1. The van der Waals surface area contributed by atoms with Crippen molar-refractivity contribution >= 4 is 28.6 Å². The molecule has 0 bridgehead atoms. The summed E-state index contributed by atoms with van der Waals surface area (Å²) in [6.45, 7) is 1.95. The van der Waals surface area contributed by atoms with Gasteiger partial charge in [-0.1, -0.05) is 35.7 Å². The zero-order chi connectivity index (χ0) is 21.1. The van der Waals surface area contributed by atoms with E-state index in [1.54, 1.807) is 0 Å². The minimum absolute atomic E-state index is 0.0454. The molecule has 2 N–H and O–H groups in total. The Morgan fingerprint density at radius 3 is 2.53 bits per heavy atom. The van der Waals surface area contributed by atoms with Crippen LogP contribution in [0.5, 0.6) is 0 Å². The summed E-state index contributed by atoms with van der Waals surface area (Å²) in [7, 11) is 1.94. The fourth-order valence-corrected chi connectivity index (χ4v) is 3.22. The van der Waals surface area contributed by atoms with Gasteiger partial charge < -0.3 is 15.0 Å². The molecule has 0 amide bonds. The van der Waals surface area contributed by atoms with Crippen LogP contribution in [-0.4, -0.2) is 32.3 Å². The lowest BCUT2D eigenvalue weighted by molar-refractivity contribution is 0.281. The second-order valence-corrected chi connectivity index (χ2v) is 7.55. The number of halogens is 1. The van der Waals surface area contributed by atoms with Crippen LogP contribution in [0.2, 0.25) is 5.02 Å². The number of aryl methyl sites for hydroxylation is 1. The number of hydrogen-bond donors (Lipinski definition) is 2. The smallest absolute Gasteiger partial charge is 0.203 e. The number of aliphatic hydroxyl groups is 1. The Balaban J connectivity index is 1.55. The Morgan fingerprint density at radius 2 is 1.83 bits per heavy atom. The van der Waals surface area contributed by atoms with E-state index in [1.165, 1.54) is 0 Å². The van der Waals surface area contributed by atoms with Gasteiger partial charge in [0.15, 0.2) is 0 Å². The quantitative estimate of drug-likeness (QED) is 0.481. The first-order valence-electron chi connectivity index (χ1n) is 9.61. The number of pyridine rings is 1. The first-order chi connectivity index (χ1) is 14.5. The number of hydrogen-bond acceptors (Lipinski definition) is 4. The first-order valence-corrected chi connectivity index (χ1v) is 9.99. The number of nitrogens with zero attached hydrogens (tertiary/aromatic N) is 3. The van der Waals surface area contributed by atoms with Gasteiger partial charge in [-0.15, -0.1) is 0 Å². The van der Waals surface area contributed by atoms with Crippen molar-refractivity contribution in [2.45, 2.75) is 13.0 Å². The minimum Gasteiger partial charge on any atom is -0.394 e. The summed E-state index contributed by atoms with van der Waals surface area (Å²) in [4.78, 5) is 9.07. The number of benzene rings is 2. The van der Waals surface area contributed by atoms with Crippen LogP contribution < -0.4 is 5.32 Å². The van der Waals surface area contributed by atoms with Crippen LogP contribution in [0, 0.1) is 11.8 Å². The monoisotopic (exact) mass is 416 g/mol. The second kappa shape index (κ2) is 8.58. The summed E-state index contributed by atoms with van der Waals surface area (Å²) in [5.74, 6) is 6.99. The Bertz CT molecular complexity index is 1230. The van der Waals surface area contributed by atoms with E-state index < -0.39 is 0 Å². The van der Waals surface area contributed by atoms with Gasteiger partial charge in [0.25, 0.3) is 0 Å². The second-order valence-electron chi connectivity index (χ2n) is 7.11. The van der Waals surface area contributed by atoms with Gasteiger partial charge in [0.2, 0.25) is 5.95 Å². The van der Waals surface area contributed by atoms with Crippen molar-refractivity contribution in [2.24, 2.45) is 7.05 Å². The standard InChI is InChI=1S/C24H21ClN4O/c1-16(15-30)27-24-28-22-13-17(4-12-23(22)29(24)2)3-10-21-11-7-19(14-26-21)18-5-8-20(25)9-6-18/h4-9,11-14,16,30H,15H2,1-2H3,(H,27,28). The zero-order valence-corrected chi connectivity index (χ0v) is 17.5. The fraction of sp³-hybridized carbons (Fsp3) is 0.167. The summed E-state index contributed by atoms with van der Waals surface area (Å²) in [5, 5.41) is 13.2. The van der Waals surface area contributed by atoms with Crippen molar-refractivity contribution in [1.29, 1.82) is 0 Å². The van der Waals surface area contributed by atoms with Gasteiger partial charge in [-0.25, -0.2) is 9.97 Å². The minimum atomic E-state index is -0.0679. The van der Waals surface area contributed by atoms with E-state index in [0.29, 0.717) is 10.7 Å². The number of aliphatic hydroxyl groups excluding tert-OH is 1. The van der Waals surface area contributed by atoms with Crippen LogP contribution in [0.4, 0.5) is 5.95 Å². The van der Waals surface area contributed by atoms with Crippen molar-refractivity contribution in [2.75, 3.05) is 11.9 Å². The van der Waals surface area contributed by atoms with Crippen LogP contribution in [0.3, 0.4) is 0 Å². The molecule has 4 rings (SSSR count). The van der Waals surface area contributed by atoms with E-state index in [0.717, 1.165) is 33.7 Å². The highest BCUT2D eigenvalue weighted by Crippen LogP contribution is 2.21. The summed E-state index contributed by atoms with van der Waals surface area (Å²) >= 11 is 5.95. The maximum absolute atomic E-state index is 9.25. The molecule has 150 valence electrons. The fourth-order valence-electron chi connectivity index (χ4n) is 3.09. The SMILES string of the molecule is CC(CO)Nc1nc2cc(C#Cc3ccc(-c4ccc(Cl)cc4)cn3)ccc2n1C. The number of fused-ring (bicyclic) bond motifs is 1. The molecule has 0 aliphatic carbocycles. The molecule has 0 saturated carbocycles. The molecule has 0 fully saturated rings. The van der Waals surface area contributed by atoms with E-state index in [4.69, 9.17) is 11.6 Å². The lowest BCUT2D eigenvalue weighted by Crippen LogP contribution is -2.21. The molecule has 4 aromatic rings. The van der Waals surface area contributed by atoms with Gasteiger partial charge in [-0.3, -0.25) is 0 Å². The molecular weight excluding hydrogens is 396 g/mol. The summed E-state index contributed by atoms with van der Waals surface area (Å²) in [6, 6.07) is 17.4. The van der Waals surface area contributed by atoms with E-state index in [2.05, 4.69) is 27.1 Å². The molecule has 2 aromatic heterocycles. The van der Waals surface area contributed by atoms with Crippen LogP contribution >= 0.6 is 11.6 Å². The van der Waals surface area contributed by atoms with Crippen LogP contribution in [-0.2, 0) is 7.05 Å². The molecule has 0 radical (unpaired) electrons. The van der Waals surface area contributed by atoms with Crippen molar-refractivity contribution < 1.29 is 5.11 Å². The Labute approximate surface area is 180 Å². The van der Waals surface area contributed by atoms with Crippen molar-refractivity contribution in [1.82, 2.24) is 14.5 Å². The molecule has 0 saturated heterocycles. The molecular formula is C24H21ClN4O. The largest absolute Gasteiger partial charge is 0.394 e. The average molecular weight is 417 g/mol. The Kier molecular flexibility index (Phi) is 5.71.